The lowest BCUT2D eigenvalue weighted by Gasteiger charge is -2.06. The molecule has 0 aromatic heterocycles. The summed E-state index contributed by atoms with van der Waals surface area (Å²) in [4.78, 5) is 0. The van der Waals surface area contributed by atoms with Gasteiger partial charge in [0.1, 0.15) is 0 Å². The molecule has 0 unspecified atom stereocenters. The fourth-order valence-electron chi connectivity index (χ4n) is 1.42. The SMILES string of the molecule is CCS(=O)(=O)OCCCCCCNCCOS(=O)(=O)CC.Cl. The van der Waals surface area contributed by atoms with E-state index < -0.39 is 20.2 Å². The first-order valence-corrected chi connectivity index (χ1v) is 10.4. The van der Waals surface area contributed by atoms with Crippen molar-refractivity contribution in [1.29, 1.82) is 0 Å². The molecular weight excluding hydrogens is 354 g/mol. The lowest BCUT2D eigenvalue weighted by atomic mass is 10.2. The van der Waals surface area contributed by atoms with Crippen LogP contribution in [0.3, 0.4) is 0 Å². The van der Waals surface area contributed by atoms with Crippen molar-refractivity contribution in [2.75, 3.05) is 37.8 Å². The highest BCUT2D eigenvalue weighted by atomic mass is 35.5. The lowest BCUT2D eigenvalue weighted by Crippen LogP contribution is -2.23. The van der Waals surface area contributed by atoms with E-state index in [9.17, 15) is 16.8 Å². The Morgan fingerprint density at radius 2 is 1.23 bits per heavy atom. The number of halogens is 1. The van der Waals surface area contributed by atoms with E-state index >= 15 is 0 Å². The first kappa shape index (κ1) is 24.3. The molecule has 0 saturated heterocycles. The van der Waals surface area contributed by atoms with Crippen molar-refractivity contribution < 1.29 is 25.2 Å². The maximum absolute atomic E-state index is 11.0. The average Bonchev–Trinajstić information content (AvgIpc) is 2.44. The molecule has 0 aliphatic rings. The molecule has 0 atom stereocenters. The van der Waals surface area contributed by atoms with Crippen LogP contribution in [0.5, 0.6) is 0 Å². The maximum atomic E-state index is 11.0. The quantitative estimate of drug-likeness (QED) is 0.357. The zero-order chi connectivity index (χ0) is 16.2. The molecule has 0 aliphatic carbocycles. The second kappa shape index (κ2) is 13.5. The predicted molar refractivity (Wildman–Crippen MR) is 89.4 cm³/mol. The molecule has 0 aromatic carbocycles. The monoisotopic (exact) mass is 381 g/mol. The Morgan fingerprint density at radius 1 is 0.727 bits per heavy atom. The van der Waals surface area contributed by atoms with Gasteiger partial charge in [0, 0.05) is 6.54 Å². The van der Waals surface area contributed by atoms with Crippen LogP contribution in [0.15, 0.2) is 0 Å². The molecule has 0 saturated carbocycles. The van der Waals surface area contributed by atoms with Gasteiger partial charge >= 0.3 is 0 Å². The number of nitrogens with one attached hydrogen (secondary N) is 1. The molecule has 1 N–H and O–H groups in total. The minimum Gasteiger partial charge on any atom is -0.314 e. The van der Waals surface area contributed by atoms with Crippen molar-refractivity contribution in [3.63, 3.8) is 0 Å². The van der Waals surface area contributed by atoms with E-state index in [-0.39, 0.29) is 37.1 Å². The van der Waals surface area contributed by atoms with Gasteiger partial charge in [0.25, 0.3) is 20.2 Å². The topological polar surface area (TPSA) is 98.8 Å². The lowest BCUT2D eigenvalue weighted by molar-refractivity contribution is 0.306. The van der Waals surface area contributed by atoms with Crippen molar-refractivity contribution >= 4 is 32.6 Å². The highest BCUT2D eigenvalue weighted by Crippen LogP contribution is 2.02. The zero-order valence-corrected chi connectivity index (χ0v) is 15.7. The molecule has 0 amide bonds. The fourth-order valence-corrected chi connectivity index (χ4v) is 2.47. The molecular formula is C12H28ClNO6S2. The molecule has 0 spiro atoms. The third-order valence-corrected chi connectivity index (χ3v) is 5.23. The van der Waals surface area contributed by atoms with Gasteiger partial charge in [-0.15, -0.1) is 12.4 Å². The van der Waals surface area contributed by atoms with Gasteiger partial charge in [0.2, 0.25) is 0 Å². The van der Waals surface area contributed by atoms with E-state index in [0.29, 0.717) is 6.54 Å². The molecule has 136 valence electrons. The van der Waals surface area contributed by atoms with Crippen molar-refractivity contribution in [1.82, 2.24) is 5.32 Å². The summed E-state index contributed by atoms with van der Waals surface area (Å²) in [5.41, 5.74) is 0. The van der Waals surface area contributed by atoms with Gasteiger partial charge in [-0.1, -0.05) is 12.8 Å². The second-order valence-electron chi connectivity index (χ2n) is 4.50. The van der Waals surface area contributed by atoms with Gasteiger partial charge in [-0.05, 0) is 33.2 Å². The van der Waals surface area contributed by atoms with E-state index in [1.165, 1.54) is 6.92 Å². The Hall–Kier alpha value is 0.0700. The summed E-state index contributed by atoms with van der Waals surface area (Å²) in [6, 6.07) is 0. The van der Waals surface area contributed by atoms with E-state index in [1.54, 1.807) is 6.92 Å². The van der Waals surface area contributed by atoms with Gasteiger partial charge in [-0.25, -0.2) is 0 Å². The Morgan fingerprint density at radius 3 is 1.77 bits per heavy atom. The van der Waals surface area contributed by atoms with Gasteiger partial charge in [-0.3, -0.25) is 8.37 Å². The van der Waals surface area contributed by atoms with Gasteiger partial charge in [-0.2, -0.15) is 16.8 Å². The highest BCUT2D eigenvalue weighted by molar-refractivity contribution is 7.86. The third kappa shape index (κ3) is 15.0. The molecule has 0 radical (unpaired) electrons. The molecule has 10 heteroatoms. The van der Waals surface area contributed by atoms with Crippen LogP contribution < -0.4 is 5.32 Å². The molecule has 7 nitrogen and oxygen atoms in total. The van der Waals surface area contributed by atoms with Crippen LogP contribution in [0.25, 0.3) is 0 Å². The number of rotatable bonds is 14. The Balaban J connectivity index is 0. The number of hydrogen-bond acceptors (Lipinski definition) is 7. The van der Waals surface area contributed by atoms with Crippen LogP contribution >= 0.6 is 12.4 Å². The molecule has 0 heterocycles. The van der Waals surface area contributed by atoms with Crippen LogP contribution in [0.4, 0.5) is 0 Å². The first-order chi connectivity index (χ1) is 9.83. The molecule has 0 aliphatic heterocycles. The van der Waals surface area contributed by atoms with Crippen molar-refractivity contribution in [3.8, 4) is 0 Å². The Bertz CT molecular complexity index is 410. The summed E-state index contributed by atoms with van der Waals surface area (Å²) in [6.45, 7) is 4.76. The standard InChI is InChI=1S/C12H27NO6S2.ClH/c1-3-20(14,15)18-11-8-6-5-7-9-13-10-12-19-21(16,17)4-2;/h13H,3-12H2,1-2H3;1H. The highest BCUT2D eigenvalue weighted by Gasteiger charge is 2.06. The molecule has 22 heavy (non-hydrogen) atoms. The van der Waals surface area contributed by atoms with Crippen LogP contribution in [0.2, 0.25) is 0 Å². The molecule has 0 bridgehead atoms. The number of unbranched alkanes of at least 4 members (excludes halogenated alkanes) is 3. The van der Waals surface area contributed by atoms with Crippen molar-refractivity contribution in [2.24, 2.45) is 0 Å². The van der Waals surface area contributed by atoms with Crippen LogP contribution in [-0.2, 0) is 28.6 Å². The van der Waals surface area contributed by atoms with Crippen LogP contribution in [0, 0.1) is 0 Å². The maximum Gasteiger partial charge on any atom is 0.267 e. The van der Waals surface area contributed by atoms with Gasteiger partial charge in [0.15, 0.2) is 0 Å². The minimum atomic E-state index is -3.34. The Labute approximate surface area is 140 Å². The largest absolute Gasteiger partial charge is 0.314 e. The van der Waals surface area contributed by atoms with E-state index in [0.717, 1.165) is 32.2 Å². The summed E-state index contributed by atoms with van der Waals surface area (Å²) in [5, 5.41) is 3.09. The van der Waals surface area contributed by atoms with Gasteiger partial charge in [0.05, 0.1) is 24.7 Å². The van der Waals surface area contributed by atoms with Crippen LogP contribution in [0.1, 0.15) is 39.5 Å². The summed E-state index contributed by atoms with van der Waals surface area (Å²) in [7, 11) is -6.66. The zero-order valence-electron chi connectivity index (χ0n) is 13.2. The molecule has 0 fully saturated rings. The summed E-state index contributed by atoms with van der Waals surface area (Å²) in [5.74, 6) is -0.00440. The van der Waals surface area contributed by atoms with Crippen molar-refractivity contribution in [3.05, 3.63) is 0 Å². The summed E-state index contributed by atoms with van der Waals surface area (Å²) in [6.07, 6.45) is 3.54. The van der Waals surface area contributed by atoms with Gasteiger partial charge < -0.3 is 5.32 Å². The summed E-state index contributed by atoms with van der Waals surface area (Å²) >= 11 is 0. The molecule has 0 rings (SSSR count). The second-order valence-corrected chi connectivity index (χ2v) is 8.36. The average molecular weight is 382 g/mol. The Kier molecular flexibility index (Phi) is 14.9. The normalized spacial score (nSPS) is 12.1. The van der Waals surface area contributed by atoms with E-state index in [4.69, 9.17) is 8.37 Å². The first-order valence-electron chi connectivity index (χ1n) is 7.28. The molecule has 0 aromatic rings. The summed E-state index contributed by atoms with van der Waals surface area (Å²) < 4.78 is 53.6. The smallest absolute Gasteiger partial charge is 0.267 e. The van der Waals surface area contributed by atoms with Crippen LogP contribution in [-0.4, -0.2) is 54.6 Å². The van der Waals surface area contributed by atoms with E-state index in [1.807, 2.05) is 0 Å². The van der Waals surface area contributed by atoms with E-state index in [2.05, 4.69) is 5.32 Å². The third-order valence-electron chi connectivity index (χ3n) is 2.76. The predicted octanol–water partition coefficient (Wildman–Crippen LogP) is 1.29. The minimum absolute atomic E-state index is 0. The van der Waals surface area contributed by atoms with Crippen molar-refractivity contribution in [2.45, 2.75) is 39.5 Å². The number of hydrogen-bond donors (Lipinski definition) is 1. The fraction of sp³-hybridized carbons (Fsp3) is 1.00.